The number of hydrogen-bond donors (Lipinski definition) is 1. The zero-order chi connectivity index (χ0) is 29.9. The molecule has 1 saturated carbocycles. The van der Waals surface area contributed by atoms with E-state index in [1.165, 1.54) is 13.2 Å². The number of amides is 1. The molecule has 2 heterocycles. The minimum atomic E-state index is -1.16. The van der Waals surface area contributed by atoms with Crippen LogP contribution in [-0.4, -0.2) is 96.2 Å². The van der Waals surface area contributed by atoms with Crippen LogP contribution in [0.3, 0.4) is 0 Å². The molecule has 1 aromatic rings. The Hall–Kier alpha value is -2.85. The predicted molar refractivity (Wildman–Crippen MR) is 153 cm³/mol. The van der Waals surface area contributed by atoms with Crippen LogP contribution < -0.4 is 4.74 Å². The van der Waals surface area contributed by atoms with Crippen molar-refractivity contribution >= 4 is 18.0 Å². The first-order chi connectivity index (χ1) is 19.3. The number of nitrogens with zero attached hydrogens (tertiary/aromatic N) is 2. The smallest absolute Gasteiger partial charge is 0.410 e. The summed E-state index contributed by atoms with van der Waals surface area (Å²) in [5, 5.41) is 9.79. The van der Waals surface area contributed by atoms with Crippen molar-refractivity contribution in [1.29, 1.82) is 0 Å². The van der Waals surface area contributed by atoms with E-state index in [0.29, 0.717) is 24.9 Å². The third-order valence-corrected chi connectivity index (χ3v) is 8.18. The Morgan fingerprint density at radius 1 is 0.927 bits per heavy atom. The molecule has 1 N–H and O–H groups in total. The molecular weight excluding hydrogens is 528 g/mol. The van der Waals surface area contributed by atoms with Gasteiger partial charge in [-0.05, 0) is 110 Å². The Balaban J connectivity index is 1.27. The maximum absolute atomic E-state index is 12.3. The standard InChI is InChI=1S/C31H46N2O8/c1-19(2)39-27-18-26(29(36)38-6)25(28(34)35)17-24(27)20-7-11-32(12-8-20)21-15-23(16-21)40-22-9-13-33(14-10-22)30(37)41-31(3,4)5/h17-23H,7-16H2,1-6H3,(H,34,35). The van der Waals surface area contributed by atoms with Gasteiger partial charge in [0, 0.05) is 19.1 Å². The summed E-state index contributed by atoms with van der Waals surface area (Å²) in [6.45, 7) is 12.6. The second-order valence-electron chi connectivity index (χ2n) is 12.8. The molecule has 2 saturated heterocycles. The number of hydrogen-bond acceptors (Lipinski definition) is 8. The molecule has 0 aromatic heterocycles. The molecule has 228 valence electrons. The number of carbonyl (C=O) groups excluding carboxylic acids is 2. The Bertz CT molecular complexity index is 1090. The number of carboxylic acid groups (broad SMARTS) is 1. The zero-order valence-electron chi connectivity index (χ0n) is 25.3. The average molecular weight is 575 g/mol. The number of ether oxygens (including phenoxy) is 4. The predicted octanol–water partition coefficient (Wildman–Crippen LogP) is 5.09. The van der Waals surface area contributed by atoms with Crippen LogP contribution in [0, 0.1) is 0 Å². The number of aromatic carboxylic acids is 1. The van der Waals surface area contributed by atoms with E-state index in [2.05, 4.69) is 4.90 Å². The third-order valence-electron chi connectivity index (χ3n) is 8.18. The summed E-state index contributed by atoms with van der Waals surface area (Å²) in [7, 11) is 1.24. The number of rotatable bonds is 8. The normalized spacial score (nSPS) is 22.8. The van der Waals surface area contributed by atoms with Gasteiger partial charge in [0.25, 0.3) is 0 Å². The first kappa shape index (κ1) is 31.1. The number of piperidine rings is 2. The first-order valence-corrected chi connectivity index (χ1v) is 14.9. The fraction of sp³-hybridized carbons (Fsp3) is 0.710. The van der Waals surface area contributed by atoms with Crippen molar-refractivity contribution in [2.45, 2.75) is 109 Å². The molecule has 0 spiro atoms. The van der Waals surface area contributed by atoms with Crippen LogP contribution in [0.5, 0.6) is 5.75 Å². The van der Waals surface area contributed by atoms with E-state index in [1.807, 2.05) is 34.6 Å². The van der Waals surface area contributed by atoms with Crippen molar-refractivity contribution in [3.63, 3.8) is 0 Å². The molecule has 1 aliphatic carbocycles. The van der Waals surface area contributed by atoms with Crippen LogP contribution >= 0.6 is 0 Å². The number of methoxy groups -OCH3 is 1. The maximum Gasteiger partial charge on any atom is 0.410 e. The lowest BCUT2D eigenvalue weighted by atomic mass is 9.82. The average Bonchev–Trinajstić information content (AvgIpc) is 2.89. The SMILES string of the molecule is COC(=O)c1cc(OC(C)C)c(C2CCN(C3CC(OC4CCN(C(=O)OC(C)(C)C)CC4)C3)CC2)cc1C(=O)O. The van der Waals surface area contributed by atoms with E-state index in [9.17, 15) is 19.5 Å². The molecule has 0 radical (unpaired) electrons. The van der Waals surface area contributed by atoms with Gasteiger partial charge in [0.15, 0.2) is 0 Å². The van der Waals surface area contributed by atoms with Gasteiger partial charge in [0.1, 0.15) is 11.4 Å². The van der Waals surface area contributed by atoms with E-state index in [4.69, 9.17) is 18.9 Å². The van der Waals surface area contributed by atoms with Gasteiger partial charge in [-0.15, -0.1) is 0 Å². The Labute approximate surface area is 243 Å². The van der Waals surface area contributed by atoms with E-state index in [-0.39, 0.29) is 41.4 Å². The van der Waals surface area contributed by atoms with Gasteiger partial charge >= 0.3 is 18.0 Å². The second-order valence-corrected chi connectivity index (χ2v) is 12.8. The summed E-state index contributed by atoms with van der Waals surface area (Å²) in [6.07, 6.45) is 5.53. The first-order valence-electron chi connectivity index (χ1n) is 14.9. The van der Waals surface area contributed by atoms with Crippen molar-refractivity contribution in [1.82, 2.24) is 9.80 Å². The minimum absolute atomic E-state index is 0.00728. The molecule has 0 atom stereocenters. The summed E-state index contributed by atoms with van der Waals surface area (Å²) < 4.78 is 22.7. The van der Waals surface area contributed by atoms with Crippen molar-refractivity contribution in [2.75, 3.05) is 33.3 Å². The molecule has 3 fully saturated rings. The molecule has 0 bridgehead atoms. The summed E-state index contributed by atoms with van der Waals surface area (Å²) >= 11 is 0. The molecule has 0 unspecified atom stereocenters. The van der Waals surface area contributed by atoms with Crippen LogP contribution in [-0.2, 0) is 14.2 Å². The number of benzene rings is 1. The monoisotopic (exact) mass is 574 g/mol. The molecular formula is C31H46N2O8. The molecule has 1 aromatic carbocycles. The lowest BCUT2D eigenvalue weighted by Gasteiger charge is -2.47. The minimum Gasteiger partial charge on any atom is -0.491 e. The van der Waals surface area contributed by atoms with Crippen LogP contribution in [0.25, 0.3) is 0 Å². The Kier molecular flexibility index (Phi) is 9.85. The van der Waals surface area contributed by atoms with Gasteiger partial charge in [-0.2, -0.15) is 0 Å². The van der Waals surface area contributed by atoms with E-state index >= 15 is 0 Å². The van der Waals surface area contributed by atoms with Crippen molar-refractivity contribution < 1.29 is 38.4 Å². The zero-order valence-corrected chi connectivity index (χ0v) is 25.3. The lowest BCUT2D eigenvalue weighted by molar-refractivity contribution is -0.105. The molecule has 4 rings (SSSR count). The van der Waals surface area contributed by atoms with Crippen molar-refractivity contribution in [3.05, 3.63) is 28.8 Å². The fourth-order valence-electron chi connectivity index (χ4n) is 6.02. The van der Waals surface area contributed by atoms with Gasteiger partial charge in [0.05, 0.1) is 36.5 Å². The summed E-state index contributed by atoms with van der Waals surface area (Å²) in [5.74, 6) is -1.14. The largest absolute Gasteiger partial charge is 0.491 e. The van der Waals surface area contributed by atoms with E-state index in [0.717, 1.165) is 57.2 Å². The topological polar surface area (TPSA) is 115 Å². The highest BCUT2D eigenvalue weighted by molar-refractivity contribution is 6.03. The molecule has 3 aliphatic rings. The van der Waals surface area contributed by atoms with E-state index < -0.39 is 17.5 Å². The molecule has 10 nitrogen and oxygen atoms in total. The van der Waals surface area contributed by atoms with Crippen LogP contribution in [0.4, 0.5) is 4.79 Å². The van der Waals surface area contributed by atoms with E-state index in [1.54, 1.807) is 11.0 Å². The summed E-state index contributed by atoms with van der Waals surface area (Å²) in [5.41, 5.74) is 0.311. The second kappa shape index (κ2) is 13.0. The molecule has 10 heteroatoms. The van der Waals surface area contributed by atoms with Crippen LogP contribution in [0.2, 0.25) is 0 Å². The van der Waals surface area contributed by atoms with Gasteiger partial charge in [-0.3, -0.25) is 0 Å². The van der Waals surface area contributed by atoms with Gasteiger partial charge in [-0.25, -0.2) is 14.4 Å². The van der Waals surface area contributed by atoms with Gasteiger partial charge < -0.3 is 33.9 Å². The molecule has 1 amide bonds. The van der Waals surface area contributed by atoms with Crippen molar-refractivity contribution in [2.24, 2.45) is 0 Å². The van der Waals surface area contributed by atoms with Gasteiger partial charge in [-0.1, -0.05) is 0 Å². The highest BCUT2D eigenvalue weighted by atomic mass is 16.6. The quantitative estimate of drug-likeness (QED) is 0.424. The highest BCUT2D eigenvalue weighted by Crippen LogP contribution is 2.40. The fourth-order valence-corrected chi connectivity index (χ4v) is 6.02. The van der Waals surface area contributed by atoms with Crippen LogP contribution in [0.1, 0.15) is 105 Å². The Morgan fingerprint density at radius 2 is 1.56 bits per heavy atom. The van der Waals surface area contributed by atoms with Crippen molar-refractivity contribution in [3.8, 4) is 5.75 Å². The number of esters is 1. The lowest BCUT2D eigenvalue weighted by Crippen LogP contribution is -2.52. The molecule has 41 heavy (non-hydrogen) atoms. The summed E-state index contributed by atoms with van der Waals surface area (Å²) in [6, 6.07) is 3.63. The number of likely N-dealkylation sites (tertiary alicyclic amines) is 2. The highest BCUT2D eigenvalue weighted by Gasteiger charge is 2.39. The number of carbonyl (C=O) groups is 3. The van der Waals surface area contributed by atoms with Crippen LogP contribution in [0.15, 0.2) is 12.1 Å². The Morgan fingerprint density at radius 3 is 2.10 bits per heavy atom. The van der Waals surface area contributed by atoms with Gasteiger partial charge in [0.2, 0.25) is 0 Å². The third kappa shape index (κ3) is 7.92. The molecule has 2 aliphatic heterocycles. The number of carboxylic acids is 1. The maximum atomic E-state index is 12.3. The summed E-state index contributed by atoms with van der Waals surface area (Å²) in [4.78, 5) is 40.9.